The molecule has 0 aliphatic carbocycles. The summed E-state index contributed by atoms with van der Waals surface area (Å²) in [5.41, 5.74) is 2.75. The minimum Gasteiger partial charge on any atom is -0.366 e. The van der Waals surface area contributed by atoms with Crippen molar-refractivity contribution >= 4 is 5.69 Å². The Morgan fingerprint density at radius 1 is 1.12 bits per heavy atom. The predicted octanol–water partition coefficient (Wildman–Crippen LogP) is 2.28. The zero-order valence-corrected chi connectivity index (χ0v) is 10.7. The number of rotatable bonds is 1. The van der Waals surface area contributed by atoms with Crippen LogP contribution >= 0.6 is 0 Å². The molecule has 2 heteroatoms. The summed E-state index contributed by atoms with van der Waals surface area (Å²) in [6.07, 6.45) is 1.29. The van der Waals surface area contributed by atoms with Crippen LogP contribution in [0.25, 0.3) is 0 Å². The molecule has 0 aromatic heterocycles. The standard InChI is InChI=1S/C14H23N2/c1-13-6-4-7-14(12-13)15-8-5-10-16(2,3)11-9-15/h4,6-7,12H,5,8-11H2,1-3H3/q+1. The van der Waals surface area contributed by atoms with E-state index in [2.05, 4.69) is 50.2 Å². The highest BCUT2D eigenvalue weighted by Crippen LogP contribution is 2.18. The highest BCUT2D eigenvalue weighted by Gasteiger charge is 2.21. The summed E-state index contributed by atoms with van der Waals surface area (Å²) in [6, 6.07) is 8.86. The number of quaternary nitrogens is 1. The molecule has 1 aliphatic rings. The first-order valence-corrected chi connectivity index (χ1v) is 6.20. The Morgan fingerprint density at radius 3 is 2.69 bits per heavy atom. The van der Waals surface area contributed by atoms with Gasteiger partial charge >= 0.3 is 0 Å². The monoisotopic (exact) mass is 219 g/mol. The van der Waals surface area contributed by atoms with Gasteiger partial charge < -0.3 is 9.38 Å². The molecule has 0 saturated carbocycles. The van der Waals surface area contributed by atoms with Crippen LogP contribution in [0.2, 0.25) is 0 Å². The number of benzene rings is 1. The van der Waals surface area contributed by atoms with E-state index in [0.29, 0.717) is 0 Å². The largest absolute Gasteiger partial charge is 0.366 e. The third-order valence-corrected chi connectivity index (χ3v) is 3.53. The first-order chi connectivity index (χ1) is 7.57. The topological polar surface area (TPSA) is 3.24 Å². The summed E-state index contributed by atoms with van der Waals surface area (Å²) < 4.78 is 1.16. The summed E-state index contributed by atoms with van der Waals surface area (Å²) in [6.45, 7) is 7.08. The van der Waals surface area contributed by atoms with E-state index in [1.807, 2.05) is 0 Å². The SMILES string of the molecule is Cc1cccc(N2CCC[N+](C)(C)CC2)c1. The van der Waals surface area contributed by atoms with Crippen molar-refractivity contribution < 1.29 is 4.48 Å². The second-order valence-corrected chi connectivity index (χ2v) is 5.56. The lowest BCUT2D eigenvalue weighted by Crippen LogP contribution is -2.42. The molecule has 0 bridgehead atoms. The molecule has 1 fully saturated rings. The lowest BCUT2D eigenvalue weighted by atomic mass is 10.2. The fourth-order valence-electron chi connectivity index (χ4n) is 2.39. The zero-order valence-electron chi connectivity index (χ0n) is 10.7. The first-order valence-electron chi connectivity index (χ1n) is 6.20. The van der Waals surface area contributed by atoms with Gasteiger partial charge in [0.1, 0.15) is 0 Å². The van der Waals surface area contributed by atoms with Crippen molar-refractivity contribution in [2.24, 2.45) is 0 Å². The van der Waals surface area contributed by atoms with Crippen LogP contribution in [0.5, 0.6) is 0 Å². The van der Waals surface area contributed by atoms with E-state index in [0.717, 1.165) is 4.48 Å². The quantitative estimate of drug-likeness (QED) is 0.655. The maximum atomic E-state index is 2.53. The van der Waals surface area contributed by atoms with E-state index in [4.69, 9.17) is 0 Å². The molecule has 0 radical (unpaired) electrons. The van der Waals surface area contributed by atoms with Crippen molar-refractivity contribution in [3.05, 3.63) is 29.8 Å². The predicted molar refractivity (Wildman–Crippen MR) is 69.9 cm³/mol. The lowest BCUT2D eigenvalue weighted by Gasteiger charge is -2.28. The van der Waals surface area contributed by atoms with Gasteiger partial charge in [-0.2, -0.15) is 0 Å². The Hall–Kier alpha value is -1.02. The van der Waals surface area contributed by atoms with Gasteiger partial charge in [-0.15, -0.1) is 0 Å². The average molecular weight is 219 g/mol. The number of likely N-dealkylation sites (N-methyl/N-ethyl adjacent to an activating group) is 1. The van der Waals surface area contributed by atoms with Gasteiger partial charge in [0, 0.05) is 18.7 Å². The number of nitrogens with zero attached hydrogens (tertiary/aromatic N) is 2. The molecule has 1 aromatic rings. The van der Waals surface area contributed by atoms with Crippen molar-refractivity contribution in [2.45, 2.75) is 13.3 Å². The third-order valence-electron chi connectivity index (χ3n) is 3.53. The summed E-state index contributed by atoms with van der Waals surface area (Å²) >= 11 is 0. The molecule has 1 heterocycles. The van der Waals surface area contributed by atoms with Gasteiger partial charge in [-0.1, -0.05) is 12.1 Å². The van der Waals surface area contributed by atoms with Gasteiger partial charge in [0.2, 0.25) is 0 Å². The van der Waals surface area contributed by atoms with Crippen molar-refractivity contribution in [3.8, 4) is 0 Å². The van der Waals surface area contributed by atoms with Crippen LogP contribution in [-0.2, 0) is 0 Å². The van der Waals surface area contributed by atoms with Crippen molar-refractivity contribution in [2.75, 3.05) is 45.2 Å². The van der Waals surface area contributed by atoms with Gasteiger partial charge in [0.05, 0.1) is 33.7 Å². The van der Waals surface area contributed by atoms with Crippen LogP contribution < -0.4 is 4.90 Å². The van der Waals surface area contributed by atoms with Gasteiger partial charge in [-0.05, 0) is 24.6 Å². The van der Waals surface area contributed by atoms with Crippen LogP contribution in [0.1, 0.15) is 12.0 Å². The van der Waals surface area contributed by atoms with Crippen LogP contribution in [-0.4, -0.2) is 44.8 Å². The van der Waals surface area contributed by atoms with Crippen molar-refractivity contribution in [3.63, 3.8) is 0 Å². The van der Waals surface area contributed by atoms with Gasteiger partial charge in [0.15, 0.2) is 0 Å². The molecule has 1 aliphatic heterocycles. The molecule has 2 rings (SSSR count). The minimum atomic E-state index is 1.16. The van der Waals surface area contributed by atoms with Crippen LogP contribution in [0.4, 0.5) is 5.69 Å². The normalized spacial score (nSPS) is 20.6. The molecule has 88 valence electrons. The van der Waals surface area contributed by atoms with E-state index in [-0.39, 0.29) is 0 Å². The van der Waals surface area contributed by atoms with E-state index < -0.39 is 0 Å². The minimum absolute atomic E-state index is 1.16. The fraction of sp³-hybridized carbons (Fsp3) is 0.571. The van der Waals surface area contributed by atoms with Gasteiger partial charge in [0.25, 0.3) is 0 Å². The van der Waals surface area contributed by atoms with Crippen LogP contribution in [0.3, 0.4) is 0 Å². The van der Waals surface area contributed by atoms with E-state index in [1.165, 1.54) is 43.9 Å². The number of hydrogen-bond donors (Lipinski definition) is 0. The molecule has 0 amide bonds. The van der Waals surface area contributed by atoms with E-state index in [9.17, 15) is 0 Å². The zero-order chi connectivity index (χ0) is 11.6. The number of anilines is 1. The Balaban J connectivity index is 2.11. The molecule has 16 heavy (non-hydrogen) atoms. The molecule has 2 nitrogen and oxygen atoms in total. The van der Waals surface area contributed by atoms with Crippen molar-refractivity contribution in [1.29, 1.82) is 0 Å². The summed E-state index contributed by atoms with van der Waals surface area (Å²) in [4.78, 5) is 2.53. The second-order valence-electron chi connectivity index (χ2n) is 5.56. The van der Waals surface area contributed by atoms with Crippen LogP contribution in [0.15, 0.2) is 24.3 Å². The fourth-order valence-corrected chi connectivity index (χ4v) is 2.39. The Morgan fingerprint density at radius 2 is 1.94 bits per heavy atom. The molecule has 0 unspecified atom stereocenters. The summed E-state index contributed by atoms with van der Waals surface area (Å²) in [7, 11) is 4.67. The molecule has 1 aromatic carbocycles. The number of aryl methyl sites for hydroxylation is 1. The van der Waals surface area contributed by atoms with Crippen LogP contribution in [0, 0.1) is 6.92 Å². The molecular formula is C14H23N2+. The third kappa shape index (κ3) is 2.76. The Labute approximate surface area is 99.1 Å². The highest BCUT2D eigenvalue weighted by molar-refractivity contribution is 5.48. The van der Waals surface area contributed by atoms with Gasteiger partial charge in [-0.3, -0.25) is 0 Å². The summed E-state index contributed by atoms with van der Waals surface area (Å²) in [5.74, 6) is 0. The maximum Gasteiger partial charge on any atom is 0.0960 e. The number of hydrogen-bond acceptors (Lipinski definition) is 1. The van der Waals surface area contributed by atoms with Crippen molar-refractivity contribution in [1.82, 2.24) is 0 Å². The smallest absolute Gasteiger partial charge is 0.0960 e. The molecule has 0 atom stereocenters. The average Bonchev–Trinajstić information content (AvgIpc) is 2.39. The molecule has 1 saturated heterocycles. The molecule has 0 spiro atoms. The highest BCUT2D eigenvalue weighted by atomic mass is 15.3. The first kappa shape index (κ1) is 11.5. The summed E-state index contributed by atoms with van der Waals surface area (Å²) in [5, 5.41) is 0. The van der Waals surface area contributed by atoms with E-state index in [1.54, 1.807) is 0 Å². The molecule has 0 N–H and O–H groups in total. The Kier molecular flexibility index (Phi) is 3.20. The van der Waals surface area contributed by atoms with Gasteiger partial charge in [-0.25, -0.2) is 0 Å². The van der Waals surface area contributed by atoms with E-state index >= 15 is 0 Å². The lowest BCUT2D eigenvalue weighted by molar-refractivity contribution is -0.887. The molecular weight excluding hydrogens is 196 g/mol. The Bertz CT molecular complexity index is 358. The second kappa shape index (κ2) is 4.46. The maximum absolute atomic E-state index is 2.53.